The largest absolute Gasteiger partial charge is 0.409 e. The topological polar surface area (TPSA) is 131 Å². The number of aryl methyl sites for hydroxylation is 2. The van der Waals surface area contributed by atoms with Crippen LogP contribution in [0.5, 0.6) is 0 Å². The van der Waals surface area contributed by atoms with Gasteiger partial charge in [0.25, 0.3) is 0 Å². The number of nitrogens with two attached hydrogens (primary N) is 1. The lowest BCUT2D eigenvalue weighted by molar-refractivity contribution is 0.307. The Bertz CT molecular complexity index is 582. The number of hydrogen-bond acceptors (Lipinski definition) is 6. The van der Waals surface area contributed by atoms with Crippen LogP contribution in [-0.2, 0) is 10.0 Å². The molecule has 0 aromatic carbocycles. The minimum Gasteiger partial charge on any atom is -0.409 e. The van der Waals surface area contributed by atoms with Crippen molar-refractivity contribution < 1.29 is 18.1 Å². The lowest BCUT2D eigenvalue weighted by atomic mass is 9.93. The van der Waals surface area contributed by atoms with Gasteiger partial charge in [-0.25, -0.2) is 8.42 Å². The molecule has 0 atom stereocenters. The molecule has 1 heterocycles. The highest BCUT2D eigenvalue weighted by atomic mass is 32.2. The predicted octanol–water partition coefficient (Wildman–Crippen LogP) is 0.875. The van der Waals surface area contributed by atoms with E-state index in [1.807, 2.05) is 0 Å². The first-order chi connectivity index (χ1) is 9.24. The van der Waals surface area contributed by atoms with E-state index in [-0.39, 0.29) is 22.2 Å². The Hall–Kier alpha value is -1.61. The van der Waals surface area contributed by atoms with Crippen molar-refractivity contribution in [1.82, 2.24) is 9.88 Å². The second-order valence-electron chi connectivity index (χ2n) is 4.53. The van der Waals surface area contributed by atoms with Gasteiger partial charge in [0, 0.05) is 0 Å². The van der Waals surface area contributed by atoms with Gasteiger partial charge in [0.05, 0.1) is 5.54 Å². The first-order valence-electron chi connectivity index (χ1n) is 6.19. The fraction of sp³-hybridized carbons (Fsp3) is 0.636. The molecule has 0 aliphatic carbocycles. The predicted molar refractivity (Wildman–Crippen MR) is 73.0 cm³/mol. The average Bonchev–Trinajstić information content (AvgIpc) is 2.75. The minimum absolute atomic E-state index is 0.0190. The Morgan fingerprint density at radius 2 is 2.00 bits per heavy atom. The summed E-state index contributed by atoms with van der Waals surface area (Å²) in [5.74, 6) is 0.00782. The molecule has 4 N–H and O–H groups in total. The zero-order chi connectivity index (χ0) is 15.6. The van der Waals surface area contributed by atoms with E-state index in [4.69, 9.17) is 15.5 Å². The maximum Gasteiger partial charge on any atom is 0.246 e. The van der Waals surface area contributed by atoms with E-state index in [0.29, 0.717) is 12.8 Å². The second kappa shape index (κ2) is 5.80. The third-order valence-corrected chi connectivity index (χ3v) is 5.15. The summed E-state index contributed by atoms with van der Waals surface area (Å²) in [6.07, 6.45) is 0.671. The van der Waals surface area contributed by atoms with E-state index in [0.717, 1.165) is 0 Å². The smallest absolute Gasteiger partial charge is 0.246 e. The first-order valence-corrected chi connectivity index (χ1v) is 7.67. The maximum absolute atomic E-state index is 12.5. The zero-order valence-electron chi connectivity index (χ0n) is 12.0. The second-order valence-corrected chi connectivity index (χ2v) is 6.15. The van der Waals surface area contributed by atoms with Crippen LogP contribution in [-0.4, -0.2) is 30.2 Å². The Balaban J connectivity index is 3.31. The maximum atomic E-state index is 12.5. The molecule has 20 heavy (non-hydrogen) atoms. The van der Waals surface area contributed by atoms with Crippen LogP contribution < -0.4 is 10.5 Å². The van der Waals surface area contributed by atoms with Crippen LogP contribution in [0.4, 0.5) is 0 Å². The minimum atomic E-state index is -3.89. The van der Waals surface area contributed by atoms with Gasteiger partial charge in [0.2, 0.25) is 10.0 Å². The summed E-state index contributed by atoms with van der Waals surface area (Å²) in [5, 5.41) is 15.4. The molecule has 0 aliphatic rings. The molecule has 0 saturated carbocycles. The summed E-state index contributed by atoms with van der Waals surface area (Å²) in [7, 11) is -3.89. The van der Waals surface area contributed by atoms with Crippen LogP contribution in [0, 0.1) is 13.8 Å². The van der Waals surface area contributed by atoms with Gasteiger partial charge in [-0.05, 0) is 26.7 Å². The van der Waals surface area contributed by atoms with Crippen LogP contribution in [0.25, 0.3) is 0 Å². The average molecular weight is 304 g/mol. The molecule has 0 bridgehead atoms. The van der Waals surface area contributed by atoms with Crippen LogP contribution in [0.3, 0.4) is 0 Å². The van der Waals surface area contributed by atoms with Crippen molar-refractivity contribution in [2.45, 2.75) is 51.0 Å². The monoisotopic (exact) mass is 304 g/mol. The van der Waals surface area contributed by atoms with E-state index in [9.17, 15) is 8.42 Å². The zero-order valence-corrected chi connectivity index (χ0v) is 12.8. The van der Waals surface area contributed by atoms with Gasteiger partial charge in [-0.2, -0.15) is 4.72 Å². The van der Waals surface area contributed by atoms with Gasteiger partial charge in [0.1, 0.15) is 10.6 Å². The summed E-state index contributed by atoms with van der Waals surface area (Å²) >= 11 is 0. The Morgan fingerprint density at radius 3 is 2.35 bits per heavy atom. The lowest BCUT2D eigenvalue weighted by Gasteiger charge is -2.30. The molecule has 0 unspecified atom stereocenters. The first kappa shape index (κ1) is 16.4. The number of amidine groups is 1. The molecule has 8 nitrogen and oxygen atoms in total. The molecule has 9 heteroatoms. The quantitative estimate of drug-likeness (QED) is 0.309. The fourth-order valence-corrected chi connectivity index (χ4v) is 3.92. The Labute approximate surface area is 118 Å². The molecule has 114 valence electrons. The van der Waals surface area contributed by atoms with Gasteiger partial charge in [-0.15, -0.1) is 0 Å². The highest BCUT2D eigenvalue weighted by Gasteiger charge is 2.38. The lowest BCUT2D eigenvalue weighted by Crippen LogP contribution is -2.56. The van der Waals surface area contributed by atoms with Gasteiger partial charge < -0.3 is 15.5 Å². The standard InChI is InChI=1S/C11H20N4O4S/c1-5-11(6-2,10(12)13-16)15-20(17,18)9-7(3)14-19-8(9)4/h15-16H,5-6H2,1-4H3,(H2,12,13). The third-order valence-electron chi connectivity index (χ3n) is 3.37. The summed E-state index contributed by atoms with van der Waals surface area (Å²) in [5.41, 5.74) is 4.75. The summed E-state index contributed by atoms with van der Waals surface area (Å²) in [6.45, 7) is 6.54. The molecule has 0 spiro atoms. The van der Waals surface area contributed by atoms with Crippen molar-refractivity contribution >= 4 is 15.9 Å². The van der Waals surface area contributed by atoms with Crippen LogP contribution in [0.2, 0.25) is 0 Å². The van der Waals surface area contributed by atoms with Crippen molar-refractivity contribution in [2.75, 3.05) is 0 Å². The number of nitrogens with one attached hydrogen (secondary N) is 1. The number of nitrogens with zero attached hydrogens (tertiary/aromatic N) is 2. The highest BCUT2D eigenvalue weighted by Crippen LogP contribution is 2.24. The third kappa shape index (κ3) is 2.78. The molecule has 1 rings (SSSR count). The van der Waals surface area contributed by atoms with Gasteiger partial charge in [0.15, 0.2) is 11.6 Å². The molecule has 0 saturated heterocycles. The normalized spacial score (nSPS) is 13.7. The Morgan fingerprint density at radius 1 is 1.45 bits per heavy atom. The van der Waals surface area contributed by atoms with Crippen molar-refractivity contribution in [2.24, 2.45) is 10.9 Å². The SMILES string of the molecule is CCC(CC)(NS(=O)(=O)c1c(C)noc1C)/C(N)=N/O. The van der Waals surface area contributed by atoms with Gasteiger partial charge in [-0.3, -0.25) is 0 Å². The molecular weight excluding hydrogens is 284 g/mol. The van der Waals surface area contributed by atoms with E-state index >= 15 is 0 Å². The number of aromatic nitrogens is 1. The van der Waals surface area contributed by atoms with E-state index in [2.05, 4.69) is 15.0 Å². The molecular formula is C11H20N4O4S. The summed E-state index contributed by atoms with van der Waals surface area (Å²) in [6, 6.07) is 0. The number of oxime groups is 1. The summed E-state index contributed by atoms with van der Waals surface area (Å²) < 4.78 is 32.3. The van der Waals surface area contributed by atoms with Crippen molar-refractivity contribution in [3.8, 4) is 0 Å². The molecule has 1 aromatic heterocycles. The molecule has 0 aliphatic heterocycles. The fourth-order valence-electron chi connectivity index (χ4n) is 2.07. The molecule has 0 fully saturated rings. The highest BCUT2D eigenvalue weighted by molar-refractivity contribution is 7.89. The number of rotatable bonds is 6. The number of sulfonamides is 1. The molecule has 0 amide bonds. The molecule has 1 aromatic rings. The van der Waals surface area contributed by atoms with Crippen LogP contribution in [0.1, 0.15) is 38.1 Å². The van der Waals surface area contributed by atoms with Crippen molar-refractivity contribution in [3.63, 3.8) is 0 Å². The van der Waals surface area contributed by atoms with Gasteiger partial charge >= 0.3 is 0 Å². The van der Waals surface area contributed by atoms with Crippen molar-refractivity contribution in [1.29, 1.82) is 0 Å². The number of hydrogen-bond donors (Lipinski definition) is 3. The van der Waals surface area contributed by atoms with E-state index in [1.165, 1.54) is 13.8 Å². The Kier molecular flexibility index (Phi) is 4.77. The molecule has 0 radical (unpaired) electrons. The van der Waals surface area contributed by atoms with Crippen LogP contribution in [0.15, 0.2) is 14.6 Å². The van der Waals surface area contributed by atoms with Gasteiger partial charge in [-0.1, -0.05) is 24.2 Å². The van der Waals surface area contributed by atoms with E-state index in [1.54, 1.807) is 13.8 Å². The van der Waals surface area contributed by atoms with E-state index < -0.39 is 15.6 Å². The van der Waals surface area contributed by atoms with Crippen LogP contribution >= 0.6 is 0 Å². The van der Waals surface area contributed by atoms with Crippen molar-refractivity contribution in [3.05, 3.63) is 11.5 Å². The summed E-state index contributed by atoms with van der Waals surface area (Å²) in [4.78, 5) is -0.0190.